The summed E-state index contributed by atoms with van der Waals surface area (Å²) in [6, 6.07) is 6.21. The van der Waals surface area contributed by atoms with Gasteiger partial charge in [-0.15, -0.1) is 0 Å². The number of ether oxygens (including phenoxy) is 2. The van der Waals surface area contributed by atoms with Gasteiger partial charge in [0.2, 0.25) is 0 Å². The zero-order valence-corrected chi connectivity index (χ0v) is 15.9. The van der Waals surface area contributed by atoms with E-state index in [-0.39, 0.29) is 5.97 Å². The third-order valence-electron chi connectivity index (χ3n) is 3.77. The van der Waals surface area contributed by atoms with Gasteiger partial charge >= 0.3 is 5.97 Å². The highest BCUT2D eigenvalue weighted by molar-refractivity contribution is 5.79. The van der Waals surface area contributed by atoms with Crippen molar-refractivity contribution in [2.24, 2.45) is 4.99 Å². The predicted octanol–water partition coefficient (Wildman–Crippen LogP) is 2.79. The van der Waals surface area contributed by atoms with Gasteiger partial charge in [0.05, 0.1) is 13.7 Å². The van der Waals surface area contributed by atoms with Gasteiger partial charge in [-0.1, -0.05) is 18.6 Å². The Morgan fingerprint density at radius 3 is 2.68 bits per heavy atom. The molecule has 0 saturated carbocycles. The number of hydrogen-bond donors (Lipinski definition) is 2. The quantitative estimate of drug-likeness (QED) is 0.294. The van der Waals surface area contributed by atoms with Crippen LogP contribution in [0.5, 0.6) is 5.75 Å². The highest BCUT2D eigenvalue weighted by Gasteiger charge is 2.05. The van der Waals surface area contributed by atoms with Crippen LogP contribution in [0.4, 0.5) is 0 Å². The molecule has 1 aromatic carbocycles. The molecule has 1 aromatic rings. The molecular formula is C19H31N3O3. The van der Waals surface area contributed by atoms with Gasteiger partial charge in [0.15, 0.2) is 5.96 Å². The molecule has 1 rings (SSSR count). The van der Waals surface area contributed by atoms with E-state index in [0.717, 1.165) is 43.1 Å². The van der Waals surface area contributed by atoms with Crippen molar-refractivity contribution in [3.8, 4) is 5.75 Å². The molecule has 6 heteroatoms. The maximum absolute atomic E-state index is 11.0. The van der Waals surface area contributed by atoms with Crippen LogP contribution in [0.3, 0.4) is 0 Å². The number of rotatable bonds is 10. The smallest absolute Gasteiger partial charge is 0.305 e. The number of aryl methyl sites for hydroxylation is 1. The lowest BCUT2D eigenvalue weighted by molar-refractivity contribution is -0.140. The Bertz CT molecular complexity index is 559. The molecule has 25 heavy (non-hydrogen) atoms. The first-order valence-electron chi connectivity index (χ1n) is 8.84. The van der Waals surface area contributed by atoms with Crippen molar-refractivity contribution in [2.75, 3.05) is 27.3 Å². The first-order chi connectivity index (χ1) is 12.1. The van der Waals surface area contributed by atoms with Crippen molar-refractivity contribution in [3.63, 3.8) is 0 Å². The average Bonchev–Trinajstić information content (AvgIpc) is 2.61. The van der Waals surface area contributed by atoms with Crippen LogP contribution in [-0.4, -0.2) is 39.2 Å². The standard InChI is InChI=1S/C19H31N3O3/c1-5-25-17-13-15(2)10-11-16(17)14-22-19(20-3)21-12-8-6-7-9-18(23)24-4/h10-11,13H,5-9,12,14H2,1-4H3,(H2,20,21,22). The number of hydrogen-bond acceptors (Lipinski definition) is 4. The Labute approximate surface area is 151 Å². The van der Waals surface area contributed by atoms with Gasteiger partial charge in [0, 0.05) is 32.1 Å². The average molecular weight is 349 g/mol. The SMILES string of the molecule is CCOc1cc(C)ccc1CNC(=NC)NCCCCCC(=O)OC. The molecule has 140 valence electrons. The highest BCUT2D eigenvalue weighted by atomic mass is 16.5. The zero-order valence-electron chi connectivity index (χ0n) is 15.9. The van der Waals surface area contributed by atoms with Crippen LogP contribution in [0, 0.1) is 6.92 Å². The van der Waals surface area contributed by atoms with Crippen molar-refractivity contribution < 1.29 is 14.3 Å². The molecule has 0 spiro atoms. The molecule has 0 amide bonds. The van der Waals surface area contributed by atoms with Crippen LogP contribution in [0.25, 0.3) is 0 Å². The van der Waals surface area contributed by atoms with Gasteiger partial charge in [0.25, 0.3) is 0 Å². The molecule has 0 aliphatic rings. The molecule has 0 aliphatic heterocycles. The van der Waals surface area contributed by atoms with E-state index in [0.29, 0.717) is 19.6 Å². The molecule has 0 unspecified atom stereocenters. The fraction of sp³-hybridized carbons (Fsp3) is 0.579. The number of nitrogens with one attached hydrogen (secondary N) is 2. The number of unbranched alkanes of at least 4 members (excludes halogenated alkanes) is 2. The predicted molar refractivity (Wildman–Crippen MR) is 101 cm³/mol. The number of nitrogens with zero attached hydrogens (tertiary/aromatic N) is 1. The van der Waals surface area contributed by atoms with Gasteiger partial charge in [-0.25, -0.2) is 0 Å². The summed E-state index contributed by atoms with van der Waals surface area (Å²) >= 11 is 0. The topological polar surface area (TPSA) is 72.0 Å². The van der Waals surface area contributed by atoms with Gasteiger partial charge in [0.1, 0.15) is 5.75 Å². The first kappa shape index (κ1) is 20.8. The Kier molecular flexibility index (Phi) is 10.1. The fourth-order valence-electron chi connectivity index (χ4n) is 2.38. The van der Waals surface area contributed by atoms with E-state index in [1.807, 2.05) is 6.92 Å². The van der Waals surface area contributed by atoms with Crippen LogP contribution in [0.15, 0.2) is 23.2 Å². The van der Waals surface area contributed by atoms with Crippen molar-refractivity contribution in [2.45, 2.75) is 46.1 Å². The van der Waals surface area contributed by atoms with Crippen LogP contribution >= 0.6 is 0 Å². The molecule has 0 saturated heterocycles. The second kappa shape index (κ2) is 12.2. The van der Waals surface area contributed by atoms with Gasteiger partial charge < -0.3 is 20.1 Å². The number of carbonyl (C=O) groups excluding carboxylic acids is 1. The van der Waals surface area contributed by atoms with E-state index in [2.05, 4.69) is 45.5 Å². The van der Waals surface area contributed by atoms with E-state index in [4.69, 9.17) is 4.74 Å². The molecular weight excluding hydrogens is 318 g/mol. The van der Waals surface area contributed by atoms with Gasteiger partial charge in [-0.05, 0) is 38.3 Å². The Balaban J connectivity index is 2.34. The van der Waals surface area contributed by atoms with Gasteiger partial charge in [-0.3, -0.25) is 9.79 Å². The van der Waals surface area contributed by atoms with Crippen LogP contribution in [0.2, 0.25) is 0 Å². The number of carbonyl (C=O) groups is 1. The zero-order chi connectivity index (χ0) is 18.5. The molecule has 0 fully saturated rings. The lowest BCUT2D eigenvalue weighted by atomic mass is 10.1. The van der Waals surface area contributed by atoms with E-state index in [9.17, 15) is 4.79 Å². The summed E-state index contributed by atoms with van der Waals surface area (Å²) in [4.78, 5) is 15.3. The number of guanidine groups is 1. The number of benzene rings is 1. The Morgan fingerprint density at radius 2 is 2.00 bits per heavy atom. The van der Waals surface area contributed by atoms with Crippen LogP contribution in [-0.2, 0) is 16.1 Å². The first-order valence-corrected chi connectivity index (χ1v) is 8.84. The third kappa shape index (κ3) is 8.42. The maximum atomic E-state index is 11.0. The van der Waals surface area contributed by atoms with Crippen LogP contribution < -0.4 is 15.4 Å². The second-order valence-corrected chi connectivity index (χ2v) is 5.78. The van der Waals surface area contributed by atoms with E-state index in [1.54, 1.807) is 7.05 Å². The minimum atomic E-state index is -0.145. The number of esters is 1. The molecule has 0 bridgehead atoms. The largest absolute Gasteiger partial charge is 0.494 e. The molecule has 0 aromatic heterocycles. The summed E-state index contributed by atoms with van der Waals surface area (Å²) < 4.78 is 10.3. The Hall–Kier alpha value is -2.24. The minimum Gasteiger partial charge on any atom is -0.494 e. The van der Waals surface area contributed by atoms with E-state index < -0.39 is 0 Å². The number of methoxy groups -OCH3 is 1. The summed E-state index contributed by atoms with van der Waals surface area (Å²) in [5, 5.41) is 6.59. The summed E-state index contributed by atoms with van der Waals surface area (Å²) in [7, 11) is 3.18. The maximum Gasteiger partial charge on any atom is 0.305 e. The molecule has 0 atom stereocenters. The third-order valence-corrected chi connectivity index (χ3v) is 3.77. The normalized spacial score (nSPS) is 11.1. The lowest BCUT2D eigenvalue weighted by Gasteiger charge is -2.15. The molecule has 0 aliphatic carbocycles. The summed E-state index contributed by atoms with van der Waals surface area (Å²) in [5.41, 5.74) is 2.29. The lowest BCUT2D eigenvalue weighted by Crippen LogP contribution is -2.37. The molecule has 2 N–H and O–H groups in total. The van der Waals surface area contributed by atoms with E-state index >= 15 is 0 Å². The monoisotopic (exact) mass is 349 g/mol. The summed E-state index contributed by atoms with van der Waals surface area (Å²) in [6.45, 7) is 6.15. The van der Waals surface area contributed by atoms with E-state index in [1.165, 1.54) is 12.7 Å². The van der Waals surface area contributed by atoms with Crippen molar-refractivity contribution >= 4 is 11.9 Å². The molecule has 0 radical (unpaired) electrons. The molecule has 6 nitrogen and oxygen atoms in total. The van der Waals surface area contributed by atoms with Crippen molar-refractivity contribution in [3.05, 3.63) is 29.3 Å². The summed E-state index contributed by atoms with van der Waals surface area (Å²) in [6.07, 6.45) is 3.29. The van der Waals surface area contributed by atoms with Crippen molar-refractivity contribution in [1.29, 1.82) is 0 Å². The highest BCUT2D eigenvalue weighted by Crippen LogP contribution is 2.20. The van der Waals surface area contributed by atoms with Crippen LogP contribution in [0.1, 0.15) is 43.7 Å². The van der Waals surface area contributed by atoms with Gasteiger partial charge in [-0.2, -0.15) is 0 Å². The minimum absolute atomic E-state index is 0.145. The second-order valence-electron chi connectivity index (χ2n) is 5.78. The van der Waals surface area contributed by atoms with Crippen molar-refractivity contribution in [1.82, 2.24) is 10.6 Å². The fourth-order valence-corrected chi connectivity index (χ4v) is 2.38. The Morgan fingerprint density at radius 1 is 1.20 bits per heavy atom. The number of aliphatic imine (C=N–C) groups is 1. The summed E-state index contributed by atoms with van der Waals surface area (Å²) in [5.74, 6) is 1.53. The molecule has 0 heterocycles.